The molecule has 0 nitrogen and oxygen atoms in total. The summed E-state index contributed by atoms with van der Waals surface area (Å²) in [6.07, 6.45) is -13.6. The molecule has 1 atom stereocenters. The van der Waals surface area contributed by atoms with Gasteiger partial charge in [-0.25, -0.2) is 4.39 Å². The minimum absolute atomic E-state index is 0.0529. The Morgan fingerprint density at radius 3 is 1.95 bits per heavy atom. The molecule has 0 spiro atoms. The van der Waals surface area contributed by atoms with Crippen LogP contribution >= 0.6 is 38.5 Å². The first-order chi connectivity index (χ1) is 8.35. The van der Waals surface area contributed by atoms with Crippen LogP contribution in [-0.4, -0.2) is 12.4 Å². The molecule has 107 valence electrons. The second-order valence-corrected chi connectivity index (χ2v) is 5.67. The van der Waals surface area contributed by atoms with E-state index in [0.29, 0.717) is 12.1 Å². The molecule has 0 fully saturated rings. The van der Waals surface area contributed by atoms with E-state index < -0.39 is 30.0 Å². The highest BCUT2D eigenvalue weighted by molar-refractivity contribution is 14.1. The fraction of sp³-hybridized carbons (Fsp3) is 0.400. The summed E-state index contributed by atoms with van der Waals surface area (Å²) in [6, 6.07) is 3.81. The molecule has 0 saturated carbocycles. The average molecular weight is 464 g/mol. The van der Waals surface area contributed by atoms with Crippen LogP contribution in [0, 0.1) is 9.64 Å². The van der Waals surface area contributed by atoms with Crippen molar-refractivity contribution < 1.29 is 30.7 Å². The number of benzene rings is 1. The predicted molar refractivity (Wildman–Crippen MR) is 65.2 cm³/mol. The zero-order chi connectivity index (χ0) is 15.1. The quantitative estimate of drug-likeness (QED) is 0.399. The molecule has 1 aromatic rings. The van der Waals surface area contributed by atoms with Crippen LogP contribution in [0.15, 0.2) is 16.6 Å². The van der Waals surface area contributed by atoms with Crippen molar-refractivity contribution in [3.05, 3.63) is 31.8 Å². The van der Waals surface area contributed by atoms with Gasteiger partial charge in [0.15, 0.2) is 0 Å². The number of alkyl halides is 7. The molecule has 19 heavy (non-hydrogen) atoms. The lowest BCUT2D eigenvalue weighted by Crippen LogP contribution is -2.42. The maximum Gasteiger partial charge on any atom is 0.427 e. The highest BCUT2D eigenvalue weighted by Gasteiger charge is 2.62. The molecule has 0 aromatic heterocycles. The van der Waals surface area contributed by atoms with Gasteiger partial charge in [0.25, 0.3) is 0 Å². The summed E-state index contributed by atoms with van der Waals surface area (Å²) in [4.78, 5) is 0. The van der Waals surface area contributed by atoms with Crippen molar-refractivity contribution in [3.63, 3.8) is 0 Å². The SMILES string of the molecule is FC(F)(F)CC(F)(c1cc(Br)[c]c(I)c1)C(F)(F)F. The van der Waals surface area contributed by atoms with Crippen LogP contribution in [0.1, 0.15) is 12.0 Å². The van der Waals surface area contributed by atoms with Crippen molar-refractivity contribution in [2.75, 3.05) is 0 Å². The molecule has 9 heteroatoms. The Labute approximate surface area is 125 Å². The van der Waals surface area contributed by atoms with E-state index in [1.807, 2.05) is 0 Å². The van der Waals surface area contributed by atoms with Crippen molar-refractivity contribution in [2.24, 2.45) is 0 Å². The van der Waals surface area contributed by atoms with Gasteiger partial charge in [0.05, 0.1) is 6.42 Å². The van der Waals surface area contributed by atoms with Gasteiger partial charge in [-0.2, -0.15) is 26.3 Å². The molecule has 0 saturated heterocycles. The number of halogens is 9. The maximum absolute atomic E-state index is 14.0. The van der Waals surface area contributed by atoms with E-state index in [9.17, 15) is 30.7 Å². The molecular weight excluding hydrogens is 460 g/mol. The Morgan fingerprint density at radius 2 is 1.58 bits per heavy atom. The summed E-state index contributed by atoms with van der Waals surface area (Å²) in [6.45, 7) is 0. The van der Waals surface area contributed by atoms with Crippen molar-refractivity contribution in [1.29, 1.82) is 0 Å². The lowest BCUT2D eigenvalue weighted by Gasteiger charge is -2.29. The summed E-state index contributed by atoms with van der Waals surface area (Å²) in [5, 5.41) is 0. The Morgan fingerprint density at radius 1 is 1.05 bits per heavy atom. The molecule has 1 rings (SSSR count). The summed E-state index contributed by atoms with van der Waals surface area (Å²) >= 11 is 4.31. The standard InChI is InChI=1S/C10H4BrF7I/c11-6-1-5(2-7(19)3-6)8(12,10(16,17)18)4-9(13,14)15/h1-2H,4H2. The summed E-state index contributed by atoms with van der Waals surface area (Å²) < 4.78 is 88.7. The summed E-state index contributed by atoms with van der Waals surface area (Å²) in [7, 11) is 0. The van der Waals surface area contributed by atoms with Crippen molar-refractivity contribution >= 4 is 38.5 Å². The molecule has 0 bridgehead atoms. The van der Waals surface area contributed by atoms with Crippen LogP contribution in [0.25, 0.3) is 0 Å². The van der Waals surface area contributed by atoms with E-state index in [4.69, 9.17) is 0 Å². The van der Waals surface area contributed by atoms with E-state index in [1.54, 1.807) is 0 Å². The van der Waals surface area contributed by atoms with Gasteiger partial charge < -0.3 is 0 Å². The van der Waals surface area contributed by atoms with E-state index in [-0.39, 0.29) is 8.04 Å². The average Bonchev–Trinajstić information content (AvgIpc) is 2.11. The van der Waals surface area contributed by atoms with Crippen LogP contribution in [0.4, 0.5) is 30.7 Å². The second kappa shape index (κ2) is 5.38. The number of rotatable bonds is 2. The predicted octanol–water partition coefficient (Wildman–Crippen LogP) is 5.53. The van der Waals surface area contributed by atoms with Crippen LogP contribution in [0.2, 0.25) is 0 Å². The Kier molecular flexibility index (Phi) is 4.81. The minimum Gasteiger partial charge on any atom is -0.228 e. The molecule has 1 aromatic carbocycles. The van der Waals surface area contributed by atoms with Crippen LogP contribution in [-0.2, 0) is 5.67 Å². The third kappa shape index (κ3) is 4.20. The topological polar surface area (TPSA) is 0 Å². The largest absolute Gasteiger partial charge is 0.427 e. The Bertz CT molecular complexity index is 448. The minimum atomic E-state index is -5.67. The van der Waals surface area contributed by atoms with Gasteiger partial charge >= 0.3 is 12.4 Å². The van der Waals surface area contributed by atoms with Crippen LogP contribution in [0.3, 0.4) is 0 Å². The maximum atomic E-state index is 14.0. The van der Waals surface area contributed by atoms with Gasteiger partial charge in [-0.3, -0.25) is 0 Å². The molecule has 0 amide bonds. The molecule has 0 aliphatic rings. The fourth-order valence-electron chi connectivity index (χ4n) is 1.37. The molecule has 1 unspecified atom stereocenters. The normalized spacial score (nSPS) is 16.3. The van der Waals surface area contributed by atoms with E-state index in [0.717, 1.165) is 0 Å². The molecule has 0 aliphatic heterocycles. The van der Waals surface area contributed by atoms with Crippen LogP contribution < -0.4 is 0 Å². The first kappa shape index (κ1) is 17.0. The highest BCUT2D eigenvalue weighted by atomic mass is 127. The smallest absolute Gasteiger partial charge is 0.228 e. The first-order valence-corrected chi connectivity index (χ1v) is 6.43. The van der Waals surface area contributed by atoms with Gasteiger partial charge in [-0.1, -0.05) is 15.9 Å². The summed E-state index contributed by atoms with van der Waals surface area (Å²) in [5.74, 6) is 0. The van der Waals surface area contributed by atoms with Crippen molar-refractivity contribution in [3.8, 4) is 0 Å². The third-order valence-corrected chi connectivity index (χ3v) is 3.16. The van der Waals surface area contributed by atoms with Crippen molar-refractivity contribution in [1.82, 2.24) is 0 Å². The molecule has 0 heterocycles. The number of hydrogen-bond acceptors (Lipinski definition) is 0. The zero-order valence-electron chi connectivity index (χ0n) is 8.76. The van der Waals surface area contributed by atoms with E-state index in [2.05, 4.69) is 22.0 Å². The molecule has 0 aliphatic carbocycles. The van der Waals surface area contributed by atoms with E-state index in [1.165, 1.54) is 22.6 Å². The molecular formula is C10H4BrF7I. The Balaban J connectivity index is 3.40. The summed E-state index contributed by atoms with van der Waals surface area (Å²) in [5.41, 5.74) is -5.59. The fourth-order valence-corrected chi connectivity index (χ4v) is 2.83. The zero-order valence-corrected chi connectivity index (χ0v) is 12.5. The Hall–Kier alpha value is -0.0600. The van der Waals surface area contributed by atoms with Gasteiger partial charge in [-0.15, -0.1) is 0 Å². The molecule has 0 N–H and O–H groups in total. The van der Waals surface area contributed by atoms with Gasteiger partial charge in [0.2, 0.25) is 5.67 Å². The van der Waals surface area contributed by atoms with Crippen LogP contribution in [0.5, 0.6) is 0 Å². The van der Waals surface area contributed by atoms with Gasteiger partial charge in [0.1, 0.15) is 0 Å². The monoisotopic (exact) mass is 463 g/mol. The lowest BCUT2D eigenvalue weighted by molar-refractivity contribution is -0.273. The lowest BCUT2D eigenvalue weighted by atomic mass is 9.91. The van der Waals surface area contributed by atoms with Gasteiger partial charge in [-0.05, 0) is 34.7 Å². The van der Waals surface area contributed by atoms with E-state index >= 15 is 0 Å². The highest BCUT2D eigenvalue weighted by Crippen LogP contribution is 2.49. The number of hydrogen-bond donors (Lipinski definition) is 0. The molecule has 1 radical (unpaired) electrons. The van der Waals surface area contributed by atoms with Crippen molar-refractivity contribution in [2.45, 2.75) is 24.4 Å². The second-order valence-electron chi connectivity index (χ2n) is 3.66. The van der Waals surface area contributed by atoms with Gasteiger partial charge in [0, 0.05) is 19.7 Å². The first-order valence-electron chi connectivity index (χ1n) is 4.56. The third-order valence-electron chi connectivity index (χ3n) is 2.15.